The number of aryl methyl sites for hydroxylation is 1. The summed E-state index contributed by atoms with van der Waals surface area (Å²) in [5.41, 5.74) is 9.30. The van der Waals surface area contributed by atoms with Crippen molar-refractivity contribution in [2.75, 3.05) is 12.3 Å². The van der Waals surface area contributed by atoms with Crippen LogP contribution in [0.1, 0.15) is 63.1 Å². The molecule has 3 heteroatoms. The lowest BCUT2D eigenvalue weighted by molar-refractivity contribution is -0.0261. The van der Waals surface area contributed by atoms with Crippen molar-refractivity contribution in [3.8, 4) is 0 Å². The highest BCUT2D eigenvalue weighted by molar-refractivity contribution is 5.47. The summed E-state index contributed by atoms with van der Waals surface area (Å²) in [4.78, 5) is 0. The summed E-state index contributed by atoms with van der Waals surface area (Å²) in [6, 6.07) is 6.59. The number of fused-ring (bicyclic) bond motifs is 1. The summed E-state index contributed by atoms with van der Waals surface area (Å²) in [7, 11) is 0. The first-order valence-electron chi connectivity index (χ1n) is 8.21. The van der Waals surface area contributed by atoms with Gasteiger partial charge in [0, 0.05) is 18.3 Å². The number of benzene rings is 1. The highest BCUT2D eigenvalue weighted by Crippen LogP contribution is 2.40. The van der Waals surface area contributed by atoms with E-state index in [0.29, 0.717) is 18.0 Å². The van der Waals surface area contributed by atoms with Crippen LogP contribution in [0.15, 0.2) is 18.2 Å². The maximum absolute atomic E-state index is 10.8. The normalized spacial score (nSPS) is 26.5. The van der Waals surface area contributed by atoms with Crippen LogP contribution in [-0.4, -0.2) is 17.3 Å². The molecule has 3 nitrogen and oxygen atoms in total. The zero-order valence-electron chi connectivity index (χ0n) is 13.3. The van der Waals surface area contributed by atoms with Crippen LogP contribution in [0.25, 0.3) is 0 Å². The highest BCUT2D eigenvalue weighted by Gasteiger charge is 2.37. The molecule has 0 amide bonds. The third kappa shape index (κ3) is 3.24. The number of nitrogens with one attached hydrogen (secondary N) is 1. The minimum Gasteiger partial charge on any atom is -0.399 e. The molecule has 0 heterocycles. The van der Waals surface area contributed by atoms with E-state index in [0.717, 1.165) is 44.2 Å². The van der Waals surface area contributed by atoms with Gasteiger partial charge in [0.1, 0.15) is 0 Å². The molecule has 1 saturated carbocycles. The second-order valence-electron chi connectivity index (χ2n) is 7.82. The minimum atomic E-state index is -0.522. The Labute approximate surface area is 127 Å². The average Bonchev–Trinajstić information content (AvgIpc) is 2.83. The van der Waals surface area contributed by atoms with Crippen molar-refractivity contribution in [1.82, 2.24) is 5.32 Å². The van der Waals surface area contributed by atoms with Crippen LogP contribution in [-0.2, 0) is 6.42 Å². The standard InChI is InChI=1S/C18H28N2O/c1-17(2)7-9-18(21,10-8-17)12-20-16-6-3-13-11-14(19)4-5-15(13)16/h4-5,11,16,20-21H,3,6-10,12,19H2,1-2H3. The van der Waals surface area contributed by atoms with E-state index < -0.39 is 5.60 Å². The van der Waals surface area contributed by atoms with Gasteiger partial charge in [0.25, 0.3) is 0 Å². The number of anilines is 1. The van der Waals surface area contributed by atoms with E-state index in [-0.39, 0.29) is 0 Å². The van der Waals surface area contributed by atoms with Gasteiger partial charge in [-0.2, -0.15) is 0 Å². The van der Waals surface area contributed by atoms with Crippen LogP contribution < -0.4 is 11.1 Å². The predicted molar refractivity (Wildman–Crippen MR) is 87.1 cm³/mol. The Morgan fingerprint density at radius 2 is 1.95 bits per heavy atom. The van der Waals surface area contributed by atoms with Crippen LogP contribution in [0.5, 0.6) is 0 Å². The van der Waals surface area contributed by atoms with Gasteiger partial charge in [-0.25, -0.2) is 0 Å². The van der Waals surface area contributed by atoms with E-state index in [4.69, 9.17) is 5.73 Å². The molecule has 0 spiro atoms. The third-order valence-electron chi connectivity index (χ3n) is 5.46. The number of hydrogen-bond acceptors (Lipinski definition) is 3. The van der Waals surface area contributed by atoms with Crippen LogP contribution >= 0.6 is 0 Å². The Balaban J connectivity index is 1.60. The number of hydrogen-bond donors (Lipinski definition) is 3. The van der Waals surface area contributed by atoms with E-state index in [9.17, 15) is 5.11 Å². The molecule has 0 aromatic heterocycles. The predicted octanol–water partition coefficient (Wildman–Crippen LogP) is 3.18. The van der Waals surface area contributed by atoms with Gasteiger partial charge >= 0.3 is 0 Å². The molecule has 0 bridgehead atoms. The first-order chi connectivity index (χ1) is 9.87. The summed E-state index contributed by atoms with van der Waals surface area (Å²) < 4.78 is 0. The maximum atomic E-state index is 10.8. The van der Waals surface area contributed by atoms with Gasteiger partial charge in [-0.3, -0.25) is 0 Å². The van der Waals surface area contributed by atoms with Gasteiger partial charge in [0.05, 0.1) is 5.60 Å². The number of nitrogen functional groups attached to an aromatic ring is 1. The van der Waals surface area contributed by atoms with E-state index in [1.165, 1.54) is 11.1 Å². The first kappa shape index (κ1) is 14.9. The summed E-state index contributed by atoms with van der Waals surface area (Å²) >= 11 is 0. The Morgan fingerprint density at radius 3 is 2.67 bits per heavy atom. The van der Waals surface area contributed by atoms with E-state index >= 15 is 0 Å². The lowest BCUT2D eigenvalue weighted by Crippen LogP contribution is -2.45. The molecule has 1 atom stereocenters. The molecular formula is C18H28N2O. The van der Waals surface area contributed by atoms with E-state index in [1.54, 1.807) is 0 Å². The molecule has 2 aliphatic carbocycles. The lowest BCUT2D eigenvalue weighted by atomic mass is 9.71. The maximum Gasteiger partial charge on any atom is 0.0772 e. The summed E-state index contributed by atoms with van der Waals surface area (Å²) in [5, 5.41) is 14.4. The Kier molecular flexibility index (Phi) is 3.74. The Hall–Kier alpha value is -1.06. The van der Waals surface area contributed by atoms with Gasteiger partial charge < -0.3 is 16.2 Å². The van der Waals surface area contributed by atoms with Gasteiger partial charge in [-0.15, -0.1) is 0 Å². The van der Waals surface area contributed by atoms with Crippen molar-refractivity contribution < 1.29 is 5.11 Å². The van der Waals surface area contributed by atoms with Crippen LogP contribution in [0.3, 0.4) is 0 Å². The number of rotatable bonds is 3. The van der Waals surface area contributed by atoms with Crippen molar-refractivity contribution >= 4 is 5.69 Å². The molecule has 0 radical (unpaired) electrons. The van der Waals surface area contributed by atoms with Crippen molar-refractivity contribution in [2.45, 2.75) is 64.0 Å². The largest absolute Gasteiger partial charge is 0.399 e. The molecule has 1 aromatic carbocycles. The van der Waals surface area contributed by atoms with E-state index in [2.05, 4.69) is 31.3 Å². The summed E-state index contributed by atoms with van der Waals surface area (Å²) in [6.45, 7) is 5.31. The fourth-order valence-corrected chi connectivity index (χ4v) is 3.73. The molecule has 1 unspecified atom stereocenters. The molecule has 21 heavy (non-hydrogen) atoms. The monoisotopic (exact) mass is 288 g/mol. The number of aliphatic hydroxyl groups is 1. The quantitative estimate of drug-likeness (QED) is 0.749. The van der Waals surface area contributed by atoms with Gasteiger partial charge in [-0.05, 0) is 67.2 Å². The van der Waals surface area contributed by atoms with Crippen molar-refractivity contribution in [2.24, 2.45) is 5.41 Å². The topological polar surface area (TPSA) is 58.3 Å². The summed E-state index contributed by atoms with van der Waals surface area (Å²) in [5.74, 6) is 0. The molecule has 1 aromatic rings. The summed E-state index contributed by atoms with van der Waals surface area (Å²) in [6.07, 6.45) is 6.25. The minimum absolute atomic E-state index is 0.375. The van der Waals surface area contributed by atoms with Gasteiger partial charge in [0.2, 0.25) is 0 Å². The van der Waals surface area contributed by atoms with Crippen LogP contribution in [0.4, 0.5) is 5.69 Å². The molecular weight excluding hydrogens is 260 g/mol. The lowest BCUT2D eigenvalue weighted by Gasteiger charge is -2.40. The first-order valence-corrected chi connectivity index (χ1v) is 8.21. The average molecular weight is 288 g/mol. The molecule has 2 aliphatic rings. The second kappa shape index (κ2) is 5.29. The van der Waals surface area contributed by atoms with E-state index in [1.807, 2.05) is 6.07 Å². The third-order valence-corrected chi connectivity index (χ3v) is 5.46. The molecule has 4 N–H and O–H groups in total. The molecule has 1 fully saturated rings. The fourth-order valence-electron chi connectivity index (χ4n) is 3.73. The van der Waals surface area contributed by atoms with Crippen LogP contribution in [0, 0.1) is 5.41 Å². The van der Waals surface area contributed by atoms with Gasteiger partial charge in [0.15, 0.2) is 0 Å². The van der Waals surface area contributed by atoms with Crippen molar-refractivity contribution in [3.63, 3.8) is 0 Å². The number of nitrogens with two attached hydrogens (primary N) is 1. The Bertz CT molecular complexity index is 514. The zero-order valence-corrected chi connectivity index (χ0v) is 13.3. The molecule has 0 aliphatic heterocycles. The van der Waals surface area contributed by atoms with Crippen molar-refractivity contribution in [3.05, 3.63) is 29.3 Å². The van der Waals surface area contributed by atoms with Gasteiger partial charge in [-0.1, -0.05) is 19.9 Å². The second-order valence-corrected chi connectivity index (χ2v) is 7.82. The fraction of sp³-hybridized carbons (Fsp3) is 0.667. The molecule has 3 rings (SSSR count). The Morgan fingerprint density at radius 1 is 1.24 bits per heavy atom. The molecule has 0 saturated heterocycles. The zero-order chi connectivity index (χ0) is 15.1. The SMILES string of the molecule is CC1(C)CCC(O)(CNC2CCc3cc(N)ccc32)CC1. The van der Waals surface area contributed by atoms with Crippen molar-refractivity contribution in [1.29, 1.82) is 0 Å². The molecule has 116 valence electrons. The smallest absolute Gasteiger partial charge is 0.0772 e. The highest BCUT2D eigenvalue weighted by atomic mass is 16.3. The van der Waals surface area contributed by atoms with Crippen LogP contribution in [0.2, 0.25) is 0 Å².